The SMILES string of the molecule is COc1ccc(-c2ccc(CN(C(=O)c3ccco3)C(C)C)cc2)cc1. The second kappa shape index (κ2) is 7.91. The number of ether oxygens (including phenoxy) is 1. The standard InChI is InChI=1S/C22H23NO3/c1-16(2)23(22(24)21-5-4-14-26-21)15-17-6-8-18(9-7-17)19-10-12-20(25-3)13-11-19/h4-14,16H,15H2,1-3H3. The lowest BCUT2D eigenvalue weighted by atomic mass is 10.0. The maximum Gasteiger partial charge on any atom is 0.290 e. The van der Waals surface area contributed by atoms with Crippen LogP contribution in [0.3, 0.4) is 0 Å². The van der Waals surface area contributed by atoms with Crippen LogP contribution in [0.4, 0.5) is 0 Å². The predicted octanol–water partition coefficient (Wildman–Crippen LogP) is 5.01. The summed E-state index contributed by atoms with van der Waals surface area (Å²) in [5.41, 5.74) is 3.34. The first-order chi connectivity index (χ1) is 12.6. The summed E-state index contributed by atoms with van der Waals surface area (Å²) in [6.07, 6.45) is 1.52. The quantitative estimate of drug-likeness (QED) is 0.628. The molecule has 0 aliphatic carbocycles. The third kappa shape index (κ3) is 3.97. The van der Waals surface area contributed by atoms with E-state index in [1.54, 1.807) is 24.1 Å². The topological polar surface area (TPSA) is 42.7 Å². The molecule has 0 aliphatic heterocycles. The lowest BCUT2D eigenvalue weighted by molar-refractivity contribution is 0.0657. The molecule has 1 amide bonds. The second-order valence-electron chi connectivity index (χ2n) is 6.43. The second-order valence-corrected chi connectivity index (χ2v) is 6.43. The van der Waals surface area contributed by atoms with Gasteiger partial charge < -0.3 is 14.1 Å². The number of furan rings is 1. The predicted molar refractivity (Wildman–Crippen MR) is 102 cm³/mol. The summed E-state index contributed by atoms with van der Waals surface area (Å²) in [6, 6.07) is 19.8. The molecule has 26 heavy (non-hydrogen) atoms. The highest BCUT2D eigenvalue weighted by molar-refractivity contribution is 5.91. The van der Waals surface area contributed by atoms with Crippen molar-refractivity contribution < 1.29 is 13.9 Å². The summed E-state index contributed by atoms with van der Waals surface area (Å²) in [4.78, 5) is 14.4. The molecule has 0 N–H and O–H groups in total. The zero-order valence-corrected chi connectivity index (χ0v) is 15.3. The van der Waals surface area contributed by atoms with Crippen molar-refractivity contribution in [1.82, 2.24) is 4.90 Å². The van der Waals surface area contributed by atoms with Gasteiger partial charge in [-0.1, -0.05) is 36.4 Å². The smallest absolute Gasteiger partial charge is 0.290 e. The van der Waals surface area contributed by atoms with E-state index in [0.717, 1.165) is 22.4 Å². The molecule has 4 heteroatoms. The molecule has 0 bridgehead atoms. The molecule has 0 spiro atoms. The Labute approximate surface area is 154 Å². The minimum absolute atomic E-state index is 0.0777. The molecule has 1 heterocycles. The molecule has 2 aromatic carbocycles. The molecule has 0 fully saturated rings. The van der Waals surface area contributed by atoms with Crippen LogP contribution in [0.15, 0.2) is 71.3 Å². The van der Waals surface area contributed by atoms with Gasteiger partial charge in [0, 0.05) is 12.6 Å². The highest BCUT2D eigenvalue weighted by Crippen LogP contribution is 2.23. The number of methoxy groups -OCH3 is 1. The van der Waals surface area contributed by atoms with Crippen molar-refractivity contribution in [1.29, 1.82) is 0 Å². The molecular formula is C22H23NO3. The van der Waals surface area contributed by atoms with Crippen LogP contribution in [0.25, 0.3) is 11.1 Å². The van der Waals surface area contributed by atoms with Crippen LogP contribution in [-0.4, -0.2) is 24.0 Å². The summed E-state index contributed by atoms with van der Waals surface area (Å²) in [5.74, 6) is 1.12. The van der Waals surface area contributed by atoms with Crippen LogP contribution < -0.4 is 4.74 Å². The number of amides is 1. The van der Waals surface area contributed by atoms with E-state index < -0.39 is 0 Å². The number of carbonyl (C=O) groups excluding carboxylic acids is 1. The monoisotopic (exact) mass is 349 g/mol. The van der Waals surface area contributed by atoms with E-state index in [4.69, 9.17) is 9.15 Å². The van der Waals surface area contributed by atoms with Crippen molar-refractivity contribution >= 4 is 5.91 Å². The number of hydrogen-bond donors (Lipinski definition) is 0. The number of nitrogens with zero attached hydrogens (tertiary/aromatic N) is 1. The Morgan fingerprint density at radius 1 is 1.00 bits per heavy atom. The zero-order chi connectivity index (χ0) is 18.5. The third-order valence-electron chi connectivity index (χ3n) is 4.35. The molecule has 3 aromatic rings. The normalized spacial score (nSPS) is 10.8. The molecule has 0 unspecified atom stereocenters. The van der Waals surface area contributed by atoms with Crippen LogP contribution in [0.5, 0.6) is 5.75 Å². The molecule has 0 saturated carbocycles. The van der Waals surface area contributed by atoms with Crippen molar-refractivity contribution in [3.63, 3.8) is 0 Å². The summed E-state index contributed by atoms with van der Waals surface area (Å²) < 4.78 is 10.5. The fraction of sp³-hybridized carbons (Fsp3) is 0.227. The molecule has 0 radical (unpaired) electrons. The summed E-state index contributed by atoms with van der Waals surface area (Å²) >= 11 is 0. The number of carbonyl (C=O) groups is 1. The first-order valence-corrected chi connectivity index (χ1v) is 8.66. The number of benzene rings is 2. The lowest BCUT2D eigenvalue weighted by Gasteiger charge is -2.26. The van der Waals surface area contributed by atoms with E-state index in [9.17, 15) is 4.79 Å². The average molecular weight is 349 g/mol. The van der Waals surface area contributed by atoms with Crippen LogP contribution in [-0.2, 0) is 6.54 Å². The molecule has 1 aromatic heterocycles. The minimum Gasteiger partial charge on any atom is -0.497 e. The van der Waals surface area contributed by atoms with Crippen molar-refractivity contribution in [3.05, 3.63) is 78.3 Å². The van der Waals surface area contributed by atoms with E-state index in [0.29, 0.717) is 12.3 Å². The fourth-order valence-electron chi connectivity index (χ4n) is 2.81. The van der Waals surface area contributed by atoms with Gasteiger partial charge in [0.15, 0.2) is 5.76 Å². The van der Waals surface area contributed by atoms with Gasteiger partial charge in [-0.2, -0.15) is 0 Å². The largest absolute Gasteiger partial charge is 0.497 e. The average Bonchev–Trinajstić information content (AvgIpc) is 3.21. The molecular weight excluding hydrogens is 326 g/mol. The molecule has 0 aliphatic rings. The Morgan fingerprint density at radius 3 is 2.12 bits per heavy atom. The highest BCUT2D eigenvalue weighted by atomic mass is 16.5. The van der Waals surface area contributed by atoms with Gasteiger partial charge in [-0.05, 0) is 54.8 Å². The highest BCUT2D eigenvalue weighted by Gasteiger charge is 2.21. The van der Waals surface area contributed by atoms with E-state index in [1.807, 2.05) is 38.1 Å². The van der Waals surface area contributed by atoms with Crippen molar-refractivity contribution in [3.8, 4) is 16.9 Å². The van der Waals surface area contributed by atoms with Crippen molar-refractivity contribution in [2.24, 2.45) is 0 Å². The Morgan fingerprint density at radius 2 is 1.62 bits per heavy atom. The lowest BCUT2D eigenvalue weighted by Crippen LogP contribution is -2.36. The van der Waals surface area contributed by atoms with Gasteiger partial charge in [-0.15, -0.1) is 0 Å². The first kappa shape index (κ1) is 17.8. The van der Waals surface area contributed by atoms with Crippen molar-refractivity contribution in [2.75, 3.05) is 7.11 Å². The van der Waals surface area contributed by atoms with Gasteiger partial charge in [0.2, 0.25) is 0 Å². The van der Waals surface area contributed by atoms with Crippen LogP contribution >= 0.6 is 0 Å². The van der Waals surface area contributed by atoms with E-state index >= 15 is 0 Å². The van der Waals surface area contributed by atoms with Gasteiger partial charge in [0.25, 0.3) is 5.91 Å². The number of rotatable bonds is 6. The van der Waals surface area contributed by atoms with Crippen LogP contribution in [0.1, 0.15) is 30.0 Å². The first-order valence-electron chi connectivity index (χ1n) is 8.66. The maximum atomic E-state index is 12.6. The Kier molecular flexibility index (Phi) is 5.42. The third-order valence-corrected chi connectivity index (χ3v) is 4.35. The van der Waals surface area contributed by atoms with Gasteiger partial charge in [-0.3, -0.25) is 4.79 Å². The van der Waals surface area contributed by atoms with Crippen LogP contribution in [0.2, 0.25) is 0 Å². The number of hydrogen-bond acceptors (Lipinski definition) is 3. The minimum atomic E-state index is -0.0933. The summed E-state index contributed by atoms with van der Waals surface area (Å²) in [6.45, 7) is 4.55. The molecule has 4 nitrogen and oxygen atoms in total. The molecule has 0 saturated heterocycles. The Bertz CT molecular complexity index is 834. The summed E-state index contributed by atoms with van der Waals surface area (Å²) in [7, 11) is 1.66. The summed E-state index contributed by atoms with van der Waals surface area (Å²) in [5, 5.41) is 0. The van der Waals surface area contributed by atoms with E-state index in [-0.39, 0.29) is 11.9 Å². The van der Waals surface area contributed by atoms with Crippen molar-refractivity contribution in [2.45, 2.75) is 26.4 Å². The molecule has 3 rings (SSSR count). The van der Waals surface area contributed by atoms with Gasteiger partial charge in [0.05, 0.1) is 13.4 Å². The molecule has 0 atom stereocenters. The van der Waals surface area contributed by atoms with Gasteiger partial charge >= 0.3 is 0 Å². The molecule has 134 valence electrons. The van der Waals surface area contributed by atoms with E-state index in [1.165, 1.54) is 6.26 Å². The van der Waals surface area contributed by atoms with Gasteiger partial charge in [0.1, 0.15) is 5.75 Å². The fourth-order valence-corrected chi connectivity index (χ4v) is 2.81. The maximum absolute atomic E-state index is 12.6. The Balaban J connectivity index is 1.75. The zero-order valence-electron chi connectivity index (χ0n) is 15.3. The van der Waals surface area contributed by atoms with Gasteiger partial charge in [-0.25, -0.2) is 0 Å². The van der Waals surface area contributed by atoms with Crippen LogP contribution in [0, 0.1) is 0 Å². The Hall–Kier alpha value is -3.01. The van der Waals surface area contributed by atoms with E-state index in [2.05, 4.69) is 24.3 Å².